The highest BCUT2D eigenvalue weighted by Crippen LogP contribution is 2.10. The molecule has 0 aliphatic carbocycles. The van der Waals surface area contributed by atoms with Gasteiger partial charge in [-0.05, 0) is 41.1 Å². The number of aromatic hydroxyl groups is 1. The van der Waals surface area contributed by atoms with Gasteiger partial charge in [-0.2, -0.15) is 0 Å². The van der Waals surface area contributed by atoms with Crippen LogP contribution < -0.4 is 0 Å². The van der Waals surface area contributed by atoms with Crippen LogP contribution >= 0.6 is 0 Å². The van der Waals surface area contributed by atoms with Gasteiger partial charge in [0.25, 0.3) is 0 Å². The Hall–Kier alpha value is -2.20. The van der Waals surface area contributed by atoms with Crippen LogP contribution in [0.1, 0.15) is 30.1 Å². The second kappa shape index (κ2) is 9.06. The van der Waals surface area contributed by atoms with Crippen LogP contribution in [0.25, 0.3) is 10.4 Å². The zero-order valence-corrected chi connectivity index (χ0v) is 9.59. The number of hydrogen-bond acceptors (Lipinski definition) is 4. The lowest BCUT2D eigenvalue weighted by Gasteiger charge is -2.03. The molecule has 6 heteroatoms. The number of ether oxygens (including phenoxy) is 1. The van der Waals surface area contributed by atoms with Gasteiger partial charge in [0, 0.05) is 0 Å². The molecule has 6 nitrogen and oxygen atoms in total. The van der Waals surface area contributed by atoms with Gasteiger partial charge in [-0.3, -0.25) is 0 Å². The van der Waals surface area contributed by atoms with Crippen molar-refractivity contribution in [3.63, 3.8) is 0 Å². The number of hydrogen-bond donors (Lipinski definition) is 2. The number of nitrogens with zero attached hydrogens (tertiary/aromatic N) is 2. The molecule has 1 aromatic carbocycles. The molecule has 0 aliphatic heterocycles. The first-order valence-corrected chi connectivity index (χ1v) is 5.12. The van der Waals surface area contributed by atoms with Crippen LogP contribution in [-0.2, 0) is 4.74 Å². The predicted octanol–water partition coefficient (Wildman–Crippen LogP) is 3.22. The zero-order chi connectivity index (χ0) is 13.1. The average molecular weight is 237 g/mol. The van der Waals surface area contributed by atoms with Crippen molar-refractivity contribution in [2.45, 2.75) is 19.8 Å². The number of carbonyl (C=O) groups is 1. The Morgan fingerprint density at radius 3 is 2.47 bits per heavy atom. The van der Waals surface area contributed by atoms with Crippen LogP contribution in [0.3, 0.4) is 0 Å². The minimum atomic E-state index is -0.335. The van der Waals surface area contributed by atoms with Crippen molar-refractivity contribution >= 4 is 5.97 Å². The molecule has 0 bridgehead atoms. The second-order valence-electron chi connectivity index (χ2n) is 3.14. The first-order chi connectivity index (χ1) is 8.15. The summed E-state index contributed by atoms with van der Waals surface area (Å²) in [6.07, 6.45) is 1.88. The third-order valence-corrected chi connectivity index (χ3v) is 1.83. The lowest BCUT2D eigenvalue weighted by atomic mass is 10.2. The van der Waals surface area contributed by atoms with E-state index in [0.717, 1.165) is 12.8 Å². The topological polar surface area (TPSA) is 107 Å². The van der Waals surface area contributed by atoms with Gasteiger partial charge in [0.15, 0.2) is 0 Å². The highest BCUT2D eigenvalue weighted by atomic mass is 16.5. The van der Waals surface area contributed by atoms with Gasteiger partial charge < -0.3 is 9.84 Å². The molecule has 2 N–H and O–H groups in total. The number of nitrogens with one attached hydrogen (secondary N) is 1. The van der Waals surface area contributed by atoms with Gasteiger partial charge in [0.05, 0.1) is 12.2 Å². The number of phenols is 1. The molecule has 92 valence electrons. The standard InChI is InChI=1S/C11H14O3.HN3/c1-2-3-8-14-11(13)9-4-6-10(12)7-5-9;1-3-2/h4-7,12H,2-3,8H2,1H3;1H. The van der Waals surface area contributed by atoms with E-state index in [1.54, 1.807) is 17.0 Å². The molecular weight excluding hydrogens is 222 g/mol. The summed E-state index contributed by atoms with van der Waals surface area (Å²) in [5.41, 5.74) is 12.7. The van der Waals surface area contributed by atoms with Gasteiger partial charge in [-0.1, -0.05) is 13.3 Å². The maximum atomic E-state index is 11.3. The molecule has 0 saturated heterocycles. The van der Waals surface area contributed by atoms with Crippen molar-refractivity contribution in [3.05, 3.63) is 40.3 Å². The molecule has 17 heavy (non-hydrogen) atoms. The Labute approximate surface area is 99.3 Å². The van der Waals surface area contributed by atoms with Crippen molar-refractivity contribution < 1.29 is 14.6 Å². The first kappa shape index (κ1) is 14.8. The maximum Gasteiger partial charge on any atom is 0.338 e. The maximum absolute atomic E-state index is 11.3. The Morgan fingerprint density at radius 1 is 1.47 bits per heavy atom. The molecule has 0 spiro atoms. The lowest BCUT2D eigenvalue weighted by Crippen LogP contribution is -2.05. The van der Waals surface area contributed by atoms with E-state index < -0.39 is 0 Å². The van der Waals surface area contributed by atoms with E-state index in [0.29, 0.717) is 12.2 Å². The molecule has 0 fully saturated rings. The third-order valence-electron chi connectivity index (χ3n) is 1.83. The number of carbonyl (C=O) groups excluding carboxylic acids is 1. The molecule has 0 amide bonds. The number of benzene rings is 1. The van der Waals surface area contributed by atoms with Crippen LogP contribution in [-0.4, -0.2) is 17.7 Å². The fraction of sp³-hybridized carbons (Fsp3) is 0.364. The smallest absolute Gasteiger partial charge is 0.338 e. The summed E-state index contributed by atoms with van der Waals surface area (Å²) < 4.78 is 4.99. The Morgan fingerprint density at radius 2 is 2.00 bits per heavy atom. The van der Waals surface area contributed by atoms with E-state index in [2.05, 4.69) is 0 Å². The minimum absolute atomic E-state index is 0.148. The van der Waals surface area contributed by atoms with E-state index in [4.69, 9.17) is 20.9 Å². The fourth-order valence-electron chi connectivity index (χ4n) is 0.990. The third kappa shape index (κ3) is 6.81. The quantitative estimate of drug-likeness (QED) is 0.276. The normalized spacial score (nSPS) is 8.53. The second-order valence-corrected chi connectivity index (χ2v) is 3.14. The highest BCUT2D eigenvalue weighted by Gasteiger charge is 2.05. The van der Waals surface area contributed by atoms with Crippen molar-refractivity contribution in [2.75, 3.05) is 6.61 Å². The van der Waals surface area contributed by atoms with Gasteiger partial charge in [-0.25, -0.2) is 4.79 Å². The van der Waals surface area contributed by atoms with E-state index in [1.165, 1.54) is 12.1 Å². The fourth-order valence-corrected chi connectivity index (χ4v) is 0.990. The average Bonchev–Trinajstić information content (AvgIpc) is 2.31. The van der Waals surface area contributed by atoms with Crippen molar-refractivity contribution in [3.8, 4) is 5.75 Å². The van der Waals surface area contributed by atoms with Gasteiger partial charge in [-0.15, -0.1) is 5.53 Å². The van der Waals surface area contributed by atoms with Gasteiger partial charge >= 0.3 is 5.97 Å². The number of unbranched alkanes of at least 4 members (excludes halogenated alkanes) is 1. The molecule has 0 heterocycles. The van der Waals surface area contributed by atoms with Gasteiger partial charge in [0.2, 0.25) is 0 Å². The number of esters is 1. The van der Waals surface area contributed by atoms with E-state index in [1.807, 2.05) is 6.92 Å². The Kier molecular flexibility index (Phi) is 7.88. The molecule has 0 atom stereocenters. The van der Waals surface area contributed by atoms with Crippen LogP contribution in [0.15, 0.2) is 24.3 Å². The Bertz CT molecular complexity index is 370. The van der Waals surface area contributed by atoms with Crippen molar-refractivity contribution in [2.24, 2.45) is 0 Å². The number of phenolic OH excluding ortho intramolecular Hbond substituents is 1. The molecular formula is C11H15N3O3. The van der Waals surface area contributed by atoms with Crippen molar-refractivity contribution in [1.82, 2.24) is 0 Å². The predicted molar refractivity (Wildman–Crippen MR) is 62.7 cm³/mol. The summed E-state index contributed by atoms with van der Waals surface area (Å²) in [6.45, 7) is 2.49. The molecule has 0 aromatic heterocycles. The summed E-state index contributed by atoms with van der Waals surface area (Å²) in [5, 5.41) is 9.00. The van der Waals surface area contributed by atoms with E-state index >= 15 is 0 Å². The van der Waals surface area contributed by atoms with Crippen LogP contribution in [0, 0.1) is 5.53 Å². The van der Waals surface area contributed by atoms with Gasteiger partial charge in [0.1, 0.15) is 5.75 Å². The van der Waals surface area contributed by atoms with E-state index in [-0.39, 0.29) is 11.7 Å². The minimum Gasteiger partial charge on any atom is -0.508 e. The number of rotatable bonds is 4. The van der Waals surface area contributed by atoms with Crippen LogP contribution in [0.4, 0.5) is 0 Å². The van der Waals surface area contributed by atoms with Crippen molar-refractivity contribution in [1.29, 1.82) is 5.53 Å². The van der Waals surface area contributed by atoms with E-state index in [9.17, 15) is 4.79 Å². The summed E-state index contributed by atoms with van der Waals surface area (Å²) in [5.74, 6) is -0.187. The zero-order valence-electron chi connectivity index (χ0n) is 9.59. The lowest BCUT2D eigenvalue weighted by molar-refractivity contribution is 0.0500. The summed E-state index contributed by atoms with van der Waals surface area (Å²) in [6, 6.07) is 6.03. The molecule has 1 rings (SSSR count). The molecule has 1 aromatic rings. The molecule has 0 saturated carbocycles. The summed E-state index contributed by atoms with van der Waals surface area (Å²) in [4.78, 5) is 13.1. The summed E-state index contributed by atoms with van der Waals surface area (Å²) in [7, 11) is 0. The van der Waals surface area contributed by atoms with Crippen LogP contribution in [0.2, 0.25) is 0 Å². The molecule has 0 aliphatic rings. The summed E-state index contributed by atoms with van der Waals surface area (Å²) >= 11 is 0. The molecule has 0 radical (unpaired) electrons. The largest absolute Gasteiger partial charge is 0.508 e. The Balaban J connectivity index is 0.000000770. The SMILES string of the molecule is CCCCOC(=O)c1ccc(O)cc1.[N-]=[N+]=N. The van der Waals surface area contributed by atoms with Crippen LogP contribution in [0.5, 0.6) is 5.75 Å². The molecule has 0 unspecified atom stereocenters. The first-order valence-electron chi connectivity index (χ1n) is 5.12. The highest BCUT2D eigenvalue weighted by molar-refractivity contribution is 5.89. The monoisotopic (exact) mass is 237 g/mol.